The fourth-order valence-electron chi connectivity index (χ4n) is 2.42. The smallest absolute Gasteiger partial charge is 0.158 e. The van der Waals surface area contributed by atoms with Gasteiger partial charge in [0.1, 0.15) is 16.9 Å². The summed E-state index contributed by atoms with van der Waals surface area (Å²) in [6.45, 7) is 11.2. The van der Waals surface area contributed by atoms with Crippen molar-refractivity contribution in [1.29, 1.82) is 0 Å². The predicted octanol–water partition coefficient (Wildman–Crippen LogP) is 1.84. The van der Waals surface area contributed by atoms with Crippen molar-refractivity contribution in [1.82, 2.24) is 19.7 Å². The van der Waals surface area contributed by atoms with Crippen LogP contribution >= 0.6 is 0 Å². The Morgan fingerprint density at radius 2 is 1.70 bits per heavy atom. The van der Waals surface area contributed by atoms with E-state index in [1.165, 1.54) is 0 Å². The molecule has 6 nitrogen and oxygen atoms in total. The van der Waals surface area contributed by atoms with Crippen LogP contribution in [0.15, 0.2) is 0 Å². The maximum atomic E-state index is 5.39. The predicted molar refractivity (Wildman–Crippen MR) is 80.2 cm³/mol. The zero-order chi connectivity index (χ0) is 14.7. The highest BCUT2D eigenvalue weighted by Crippen LogP contribution is 2.25. The molecule has 6 heteroatoms. The summed E-state index contributed by atoms with van der Waals surface area (Å²) in [7, 11) is 1.94. The summed E-state index contributed by atoms with van der Waals surface area (Å²) in [6, 6.07) is 0. The Bertz CT molecular complexity index is 587. The molecule has 3 rings (SSSR count). The lowest BCUT2D eigenvalue weighted by Crippen LogP contribution is -2.37. The summed E-state index contributed by atoms with van der Waals surface area (Å²) in [5, 5.41) is 4.44. The molecule has 0 bridgehead atoms. The van der Waals surface area contributed by atoms with Crippen LogP contribution in [-0.4, -0.2) is 46.1 Å². The summed E-state index contributed by atoms with van der Waals surface area (Å²) in [5.74, 6) is 1.77. The third-order valence-corrected chi connectivity index (χ3v) is 3.25. The molecule has 0 spiro atoms. The van der Waals surface area contributed by atoms with Crippen molar-refractivity contribution < 1.29 is 4.74 Å². The van der Waals surface area contributed by atoms with Crippen LogP contribution in [0.25, 0.3) is 11.0 Å². The van der Waals surface area contributed by atoms with Gasteiger partial charge < -0.3 is 9.64 Å². The van der Waals surface area contributed by atoms with Crippen LogP contribution in [0.2, 0.25) is 0 Å². The Balaban J connectivity index is 0.000000704. The number of aromatic nitrogens is 4. The van der Waals surface area contributed by atoms with Gasteiger partial charge in [-0.15, -0.1) is 0 Å². The van der Waals surface area contributed by atoms with Crippen molar-refractivity contribution in [3.8, 4) is 0 Å². The molecule has 110 valence electrons. The molecule has 3 heterocycles. The van der Waals surface area contributed by atoms with Crippen LogP contribution in [0.3, 0.4) is 0 Å². The van der Waals surface area contributed by atoms with E-state index in [1.54, 1.807) is 0 Å². The molecule has 0 radical (unpaired) electrons. The molecule has 0 aliphatic carbocycles. The molecule has 0 saturated carbocycles. The first-order valence-corrected chi connectivity index (χ1v) is 7.17. The molecule has 0 aromatic carbocycles. The second-order valence-corrected chi connectivity index (χ2v) is 4.60. The van der Waals surface area contributed by atoms with Crippen molar-refractivity contribution in [3.63, 3.8) is 0 Å². The molecule has 0 unspecified atom stereocenters. The number of nitrogens with zero attached hydrogens (tertiary/aromatic N) is 5. The minimum absolute atomic E-state index is 0.751. The van der Waals surface area contributed by atoms with Crippen molar-refractivity contribution >= 4 is 16.9 Å². The topological polar surface area (TPSA) is 56.1 Å². The molecule has 1 aliphatic heterocycles. The van der Waals surface area contributed by atoms with Gasteiger partial charge in [-0.25, -0.2) is 9.97 Å². The monoisotopic (exact) mass is 277 g/mol. The molecule has 20 heavy (non-hydrogen) atoms. The second kappa shape index (κ2) is 6.17. The van der Waals surface area contributed by atoms with E-state index in [-0.39, 0.29) is 0 Å². The summed E-state index contributed by atoms with van der Waals surface area (Å²) in [4.78, 5) is 11.3. The Labute approximate surface area is 119 Å². The van der Waals surface area contributed by atoms with E-state index in [0.717, 1.165) is 54.7 Å². The SMILES string of the molecule is CC.Cc1nc(N2CCOCC2)c2c(n1)c(C)nn2C. The molecule has 1 aliphatic rings. The lowest BCUT2D eigenvalue weighted by Gasteiger charge is -2.28. The lowest BCUT2D eigenvalue weighted by molar-refractivity contribution is 0.122. The first-order chi connectivity index (χ1) is 9.66. The van der Waals surface area contributed by atoms with Gasteiger partial charge >= 0.3 is 0 Å². The summed E-state index contributed by atoms with van der Waals surface area (Å²) in [6.07, 6.45) is 0. The first kappa shape index (κ1) is 14.7. The molecule has 0 N–H and O–H groups in total. The highest BCUT2D eigenvalue weighted by Gasteiger charge is 2.20. The van der Waals surface area contributed by atoms with Crippen LogP contribution in [0, 0.1) is 13.8 Å². The Kier molecular flexibility index (Phi) is 4.54. The van der Waals surface area contributed by atoms with E-state index in [9.17, 15) is 0 Å². The minimum Gasteiger partial charge on any atom is -0.378 e. The second-order valence-electron chi connectivity index (χ2n) is 4.60. The van der Waals surface area contributed by atoms with Crippen molar-refractivity contribution in [3.05, 3.63) is 11.5 Å². The summed E-state index contributed by atoms with van der Waals surface area (Å²) < 4.78 is 7.26. The van der Waals surface area contributed by atoms with Crippen molar-refractivity contribution in [2.24, 2.45) is 7.05 Å². The quantitative estimate of drug-likeness (QED) is 0.796. The lowest BCUT2D eigenvalue weighted by atomic mass is 10.3. The van der Waals surface area contributed by atoms with E-state index in [2.05, 4.69) is 20.0 Å². The van der Waals surface area contributed by atoms with E-state index in [1.807, 2.05) is 39.4 Å². The van der Waals surface area contributed by atoms with Gasteiger partial charge in [0.15, 0.2) is 5.82 Å². The van der Waals surface area contributed by atoms with E-state index in [0.29, 0.717) is 0 Å². The van der Waals surface area contributed by atoms with E-state index >= 15 is 0 Å². The highest BCUT2D eigenvalue weighted by atomic mass is 16.5. The van der Waals surface area contributed by atoms with Crippen molar-refractivity contribution in [2.45, 2.75) is 27.7 Å². The molecule has 0 amide bonds. The minimum atomic E-state index is 0.751. The number of hydrogen-bond donors (Lipinski definition) is 0. The average Bonchev–Trinajstić information content (AvgIpc) is 2.76. The summed E-state index contributed by atoms with van der Waals surface area (Å²) in [5.41, 5.74) is 2.92. The van der Waals surface area contributed by atoms with Crippen LogP contribution in [0.5, 0.6) is 0 Å². The first-order valence-electron chi connectivity index (χ1n) is 7.17. The number of rotatable bonds is 1. The zero-order valence-electron chi connectivity index (χ0n) is 13.0. The fourth-order valence-corrected chi connectivity index (χ4v) is 2.42. The zero-order valence-corrected chi connectivity index (χ0v) is 13.0. The molecule has 2 aromatic rings. The molecular weight excluding hydrogens is 254 g/mol. The van der Waals surface area contributed by atoms with Gasteiger partial charge in [-0.2, -0.15) is 5.10 Å². The maximum absolute atomic E-state index is 5.39. The molecule has 0 atom stereocenters. The third kappa shape index (κ3) is 2.60. The molecular formula is C14H23N5O. The number of aryl methyl sites for hydroxylation is 3. The van der Waals surface area contributed by atoms with Crippen molar-refractivity contribution in [2.75, 3.05) is 31.2 Å². The number of ether oxygens (including phenoxy) is 1. The van der Waals surface area contributed by atoms with E-state index < -0.39 is 0 Å². The van der Waals surface area contributed by atoms with Crippen LogP contribution < -0.4 is 4.90 Å². The largest absolute Gasteiger partial charge is 0.378 e. The Morgan fingerprint density at radius 1 is 1.05 bits per heavy atom. The fraction of sp³-hybridized carbons (Fsp3) is 0.643. The van der Waals surface area contributed by atoms with Gasteiger partial charge in [-0.3, -0.25) is 4.68 Å². The number of fused-ring (bicyclic) bond motifs is 1. The standard InChI is InChI=1S/C12H17N5O.C2H6/c1-8-10-11(16(3)15-8)12(14-9(2)13-10)17-4-6-18-7-5-17;1-2/h4-7H2,1-3H3;1-2H3. The van der Waals surface area contributed by atoms with Gasteiger partial charge in [0.2, 0.25) is 0 Å². The number of hydrogen-bond acceptors (Lipinski definition) is 5. The van der Waals surface area contributed by atoms with Gasteiger partial charge in [-0.05, 0) is 13.8 Å². The Hall–Kier alpha value is -1.69. The number of morpholine rings is 1. The van der Waals surface area contributed by atoms with Gasteiger partial charge in [0.25, 0.3) is 0 Å². The number of anilines is 1. The Morgan fingerprint density at radius 3 is 2.35 bits per heavy atom. The molecule has 2 aromatic heterocycles. The van der Waals surface area contributed by atoms with Crippen LogP contribution in [-0.2, 0) is 11.8 Å². The average molecular weight is 277 g/mol. The normalized spacial score (nSPS) is 15.2. The maximum Gasteiger partial charge on any atom is 0.158 e. The van der Waals surface area contributed by atoms with Gasteiger partial charge in [0.05, 0.1) is 18.9 Å². The van der Waals surface area contributed by atoms with Crippen LogP contribution in [0.1, 0.15) is 25.4 Å². The molecule has 1 saturated heterocycles. The van der Waals surface area contributed by atoms with Gasteiger partial charge in [-0.1, -0.05) is 13.8 Å². The van der Waals surface area contributed by atoms with E-state index in [4.69, 9.17) is 4.74 Å². The van der Waals surface area contributed by atoms with Gasteiger partial charge in [0, 0.05) is 20.1 Å². The van der Waals surface area contributed by atoms with Crippen LogP contribution in [0.4, 0.5) is 5.82 Å². The highest BCUT2D eigenvalue weighted by molar-refractivity contribution is 5.88. The summed E-state index contributed by atoms with van der Waals surface area (Å²) >= 11 is 0. The third-order valence-electron chi connectivity index (χ3n) is 3.25. The molecule has 1 fully saturated rings.